The molecule has 3 N–H and O–H groups in total. The van der Waals surface area contributed by atoms with E-state index in [4.69, 9.17) is 5.73 Å². The number of nitrogen functional groups attached to an aromatic ring is 1. The van der Waals surface area contributed by atoms with Crippen molar-refractivity contribution in [1.29, 1.82) is 0 Å². The third-order valence-corrected chi connectivity index (χ3v) is 3.71. The predicted molar refractivity (Wildman–Crippen MR) is 70.6 cm³/mol. The van der Waals surface area contributed by atoms with Gasteiger partial charge >= 0.3 is 0 Å². The first-order chi connectivity index (χ1) is 7.66. The summed E-state index contributed by atoms with van der Waals surface area (Å²) in [5, 5.41) is 3.49. The highest BCUT2D eigenvalue weighted by Gasteiger charge is 2.20. The normalized spacial score (nSPS) is 24.6. The zero-order valence-corrected chi connectivity index (χ0v) is 10.3. The van der Waals surface area contributed by atoms with Crippen LogP contribution in [0.25, 0.3) is 0 Å². The highest BCUT2D eigenvalue weighted by atomic mass is 14.9. The van der Waals surface area contributed by atoms with Crippen molar-refractivity contribution in [3.05, 3.63) is 23.8 Å². The lowest BCUT2D eigenvalue weighted by Gasteiger charge is -2.14. The molecule has 88 valence electrons. The first kappa shape index (κ1) is 11.3. The van der Waals surface area contributed by atoms with Crippen LogP contribution in [-0.4, -0.2) is 6.54 Å². The maximum absolute atomic E-state index is 6.03. The predicted octanol–water partition coefficient (Wildman–Crippen LogP) is 3.43. The van der Waals surface area contributed by atoms with Gasteiger partial charge in [-0.2, -0.15) is 0 Å². The third kappa shape index (κ3) is 2.49. The lowest BCUT2D eigenvalue weighted by Crippen LogP contribution is -2.12. The third-order valence-electron chi connectivity index (χ3n) is 3.71. The van der Waals surface area contributed by atoms with E-state index in [2.05, 4.69) is 37.4 Å². The van der Waals surface area contributed by atoms with E-state index in [0.717, 1.165) is 35.3 Å². The smallest absolute Gasteiger partial charge is 0.0579 e. The van der Waals surface area contributed by atoms with Gasteiger partial charge in [-0.25, -0.2) is 0 Å². The average molecular weight is 218 g/mol. The first-order valence-corrected chi connectivity index (χ1v) is 6.25. The summed E-state index contributed by atoms with van der Waals surface area (Å²) in [4.78, 5) is 0. The Hall–Kier alpha value is -1.18. The summed E-state index contributed by atoms with van der Waals surface area (Å²) in [6.07, 6.45) is 4.11. The number of aryl methyl sites for hydroxylation is 1. The molecule has 2 heteroatoms. The Balaban J connectivity index is 1.92. The number of para-hydroxylation sites is 1. The average Bonchev–Trinajstić information content (AvgIpc) is 2.67. The summed E-state index contributed by atoms with van der Waals surface area (Å²) in [6, 6.07) is 6.18. The topological polar surface area (TPSA) is 38.0 Å². The Labute approximate surface area is 98.2 Å². The molecule has 1 saturated carbocycles. The zero-order valence-electron chi connectivity index (χ0n) is 10.3. The van der Waals surface area contributed by atoms with Gasteiger partial charge in [0.2, 0.25) is 0 Å². The van der Waals surface area contributed by atoms with Gasteiger partial charge in [0.15, 0.2) is 0 Å². The maximum Gasteiger partial charge on any atom is 0.0579 e. The van der Waals surface area contributed by atoms with Crippen LogP contribution in [0.2, 0.25) is 0 Å². The molecule has 2 unspecified atom stereocenters. The minimum absolute atomic E-state index is 0.829. The summed E-state index contributed by atoms with van der Waals surface area (Å²) in [7, 11) is 0. The van der Waals surface area contributed by atoms with Gasteiger partial charge in [-0.3, -0.25) is 0 Å². The molecule has 1 aliphatic carbocycles. The van der Waals surface area contributed by atoms with Gasteiger partial charge in [0.1, 0.15) is 0 Å². The number of nitrogens with one attached hydrogen (secondary N) is 1. The number of anilines is 2. The van der Waals surface area contributed by atoms with Crippen LogP contribution >= 0.6 is 0 Å². The summed E-state index contributed by atoms with van der Waals surface area (Å²) in [5.41, 5.74) is 9.18. The molecule has 2 nitrogen and oxygen atoms in total. The molecule has 0 amide bonds. The van der Waals surface area contributed by atoms with E-state index in [0.29, 0.717) is 0 Å². The van der Waals surface area contributed by atoms with Gasteiger partial charge in [0, 0.05) is 6.54 Å². The minimum Gasteiger partial charge on any atom is -0.397 e. The van der Waals surface area contributed by atoms with Crippen molar-refractivity contribution in [2.75, 3.05) is 17.6 Å². The molecule has 1 aliphatic rings. The van der Waals surface area contributed by atoms with E-state index in [1.807, 2.05) is 0 Å². The number of nitrogens with two attached hydrogens (primary N) is 1. The standard InChI is InChI=1S/C14H22N2/c1-10-6-7-12(8-10)9-16-13-5-3-4-11(2)14(13)15/h3-5,10,12,16H,6-9,15H2,1-2H3. The molecule has 2 rings (SSSR count). The largest absolute Gasteiger partial charge is 0.397 e. The molecule has 0 bridgehead atoms. The Morgan fingerprint density at radius 2 is 2.19 bits per heavy atom. The fourth-order valence-corrected chi connectivity index (χ4v) is 2.60. The van der Waals surface area contributed by atoms with Crippen LogP contribution in [0.1, 0.15) is 31.7 Å². The highest BCUT2D eigenvalue weighted by molar-refractivity contribution is 5.69. The molecular formula is C14H22N2. The first-order valence-electron chi connectivity index (χ1n) is 6.25. The van der Waals surface area contributed by atoms with Gasteiger partial charge < -0.3 is 11.1 Å². The molecule has 1 aromatic carbocycles. The Kier molecular flexibility index (Phi) is 3.37. The van der Waals surface area contributed by atoms with Crippen molar-refractivity contribution in [2.45, 2.75) is 33.1 Å². The molecule has 1 aromatic rings. The number of benzene rings is 1. The SMILES string of the molecule is Cc1cccc(NCC2CCC(C)C2)c1N. The van der Waals surface area contributed by atoms with Crippen molar-refractivity contribution in [3.8, 4) is 0 Å². The maximum atomic E-state index is 6.03. The quantitative estimate of drug-likeness (QED) is 0.763. The summed E-state index contributed by atoms with van der Waals surface area (Å²) in [5.74, 6) is 1.73. The van der Waals surface area contributed by atoms with Crippen molar-refractivity contribution in [1.82, 2.24) is 0 Å². The van der Waals surface area contributed by atoms with Gasteiger partial charge in [-0.1, -0.05) is 25.5 Å². The van der Waals surface area contributed by atoms with Gasteiger partial charge in [-0.15, -0.1) is 0 Å². The van der Waals surface area contributed by atoms with Gasteiger partial charge in [0.25, 0.3) is 0 Å². The van der Waals surface area contributed by atoms with Gasteiger partial charge in [-0.05, 0) is 43.2 Å². The van der Waals surface area contributed by atoms with E-state index < -0.39 is 0 Å². The summed E-state index contributed by atoms with van der Waals surface area (Å²) >= 11 is 0. The fourth-order valence-electron chi connectivity index (χ4n) is 2.60. The number of rotatable bonds is 3. The molecule has 1 fully saturated rings. The second kappa shape index (κ2) is 4.77. The van der Waals surface area contributed by atoms with Crippen LogP contribution in [0, 0.1) is 18.8 Å². The fraction of sp³-hybridized carbons (Fsp3) is 0.571. The van der Waals surface area contributed by atoms with Crippen molar-refractivity contribution < 1.29 is 0 Å². The van der Waals surface area contributed by atoms with E-state index in [-0.39, 0.29) is 0 Å². The molecular weight excluding hydrogens is 196 g/mol. The lowest BCUT2D eigenvalue weighted by molar-refractivity contribution is 0.537. The molecule has 0 heterocycles. The van der Waals surface area contributed by atoms with E-state index in [9.17, 15) is 0 Å². The summed E-state index contributed by atoms with van der Waals surface area (Å²) in [6.45, 7) is 5.47. The molecule has 2 atom stereocenters. The second-order valence-electron chi connectivity index (χ2n) is 5.20. The monoisotopic (exact) mass is 218 g/mol. The van der Waals surface area contributed by atoms with E-state index in [1.165, 1.54) is 19.3 Å². The van der Waals surface area contributed by atoms with Crippen molar-refractivity contribution in [2.24, 2.45) is 11.8 Å². The van der Waals surface area contributed by atoms with Crippen LogP contribution < -0.4 is 11.1 Å². The Morgan fingerprint density at radius 1 is 1.38 bits per heavy atom. The molecule has 0 radical (unpaired) electrons. The van der Waals surface area contributed by atoms with Crippen LogP contribution in [0.4, 0.5) is 11.4 Å². The lowest BCUT2D eigenvalue weighted by atomic mass is 10.1. The molecule has 0 spiro atoms. The minimum atomic E-state index is 0.829. The molecule has 16 heavy (non-hydrogen) atoms. The van der Waals surface area contributed by atoms with Crippen LogP contribution in [-0.2, 0) is 0 Å². The Morgan fingerprint density at radius 3 is 2.88 bits per heavy atom. The van der Waals surface area contributed by atoms with E-state index >= 15 is 0 Å². The zero-order chi connectivity index (χ0) is 11.5. The van der Waals surface area contributed by atoms with Crippen LogP contribution in [0.15, 0.2) is 18.2 Å². The van der Waals surface area contributed by atoms with Crippen molar-refractivity contribution >= 4 is 11.4 Å². The highest BCUT2D eigenvalue weighted by Crippen LogP contribution is 2.31. The molecule has 0 aromatic heterocycles. The number of hydrogen-bond acceptors (Lipinski definition) is 2. The van der Waals surface area contributed by atoms with Crippen LogP contribution in [0.3, 0.4) is 0 Å². The summed E-state index contributed by atoms with van der Waals surface area (Å²) < 4.78 is 0. The van der Waals surface area contributed by atoms with E-state index in [1.54, 1.807) is 0 Å². The molecule has 0 saturated heterocycles. The second-order valence-corrected chi connectivity index (χ2v) is 5.20. The number of hydrogen-bond donors (Lipinski definition) is 2. The Bertz CT molecular complexity index is 360. The van der Waals surface area contributed by atoms with Crippen LogP contribution in [0.5, 0.6) is 0 Å². The van der Waals surface area contributed by atoms with Gasteiger partial charge in [0.05, 0.1) is 11.4 Å². The van der Waals surface area contributed by atoms with Crippen molar-refractivity contribution in [3.63, 3.8) is 0 Å². The molecule has 0 aliphatic heterocycles.